The highest BCUT2D eigenvalue weighted by atomic mass is 16.5. The number of esters is 1. The van der Waals surface area contributed by atoms with Crippen LogP contribution in [0.1, 0.15) is 6.92 Å². The van der Waals surface area contributed by atoms with E-state index in [4.69, 9.17) is 0 Å². The molecule has 9 heavy (non-hydrogen) atoms. The van der Waals surface area contributed by atoms with E-state index in [9.17, 15) is 9.59 Å². The molecular weight excluding hydrogens is 124 g/mol. The Morgan fingerprint density at radius 1 is 1.67 bits per heavy atom. The van der Waals surface area contributed by atoms with Crippen LogP contribution in [0.15, 0.2) is 0 Å². The van der Waals surface area contributed by atoms with Crippen molar-refractivity contribution in [3.63, 3.8) is 0 Å². The molecule has 1 amide bonds. The lowest BCUT2D eigenvalue weighted by Crippen LogP contribution is -2.33. The molecule has 0 aromatic rings. The largest absolute Gasteiger partial charge is 0.456 e. The van der Waals surface area contributed by atoms with Crippen molar-refractivity contribution in [2.45, 2.75) is 6.92 Å². The average Bonchev–Trinajstić information content (AvgIpc) is 1.83. The number of ether oxygens (including phenoxy) is 1. The fourth-order valence-electron chi connectivity index (χ4n) is 0.209. The number of hydrogen-bond donors (Lipinski definition) is 2. The summed E-state index contributed by atoms with van der Waals surface area (Å²) in [5.74, 6) is 3.64. The Kier molecular flexibility index (Phi) is 3.38. The van der Waals surface area contributed by atoms with E-state index in [-0.39, 0.29) is 6.61 Å². The Labute approximate surface area is 52.1 Å². The van der Waals surface area contributed by atoms with Crippen molar-refractivity contribution in [3.05, 3.63) is 0 Å². The van der Waals surface area contributed by atoms with E-state index in [2.05, 4.69) is 10.6 Å². The van der Waals surface area contributed by atoms with Gasteiger partial charge in [-0.05, 0) is 0 Å². The third-order valence-corrected chi connectivity index (χ3v) is 0.568. The van der Waals surface area contributed by atoms with Gasteiger partial charge in [0.2, 0.25) is 0 Å². The maximum Gasteiger partial charge on any atom is 0.303 e. The van der Waals surface area contributed by atoms with E-state index in [1.165, 1.54) is 6.92 Å². The minimum absolute atomic E-state index is 0.314. The fraction of sp³-hybridized carbons (Fsp3) is 0.500. The van der Waals surface area contributed by atoms with Crippen molar-refractivity contribution in [2.75, 3.05) is 6.61 Å². The Morgan fingerprint density at radius 2 is 2.22 bits per heavy atom. The van der Waals surface area contributed by atoms with Crippen LogP contribution < -0.4 is 11.3 Å². The van der Waals surface area contributed by atoms with E-state index >= 15 is 0 Å². The summed E-state index contributed by atoms with van der Waals surface area (Å²) >= 11 is 0. The maximum atomic E-state index is 10.2. The lowest BCUT2D eigenvalue weighted by Gasteiger charge is -1.97. The van der Waals surface area contributed by atoms with Gasteiger partial charge in [0.25, 0.3) is 5.91 Å². The molecule has 0 bridgehead atoms. The van der Waals surface area contributed by atoms with E-state index in [0.29, 0.717) is 0 Å². The summed E-state index contributed by atoms with van der Waals surface area (Å²) in [5.41, 5.74) is 1.80. The van der Waals surface area contributed by atoms with Gasteiger partial charge in [0.1, 0.15) is 0 Å². The molecule has 52 valence electrons. The minimum Gasteiger partial charge on any atom is -0.456 e. The summed E-state index contributed by atoms with van der Waals surface area (Å²) in [4.78, 5) is 20.2. The summed E-state index contributed by atoms with van der Waals surface area (Å²) in [5, 5.41) is 0. The molecule has 0 saturated carbocycles. The summed E-state index contributed by atoms with van der Waals surface area (Å²) < 4.78 is 4.26. The number of carbonyl (C=O) groups excluding carboxylic acids is 2. The molecule has 0 aliphatic carbocycles. The van der Waals surface area contributed by atoms with Crippen LogP contribution in [-0.4, -0.2) is 18.5 Å². The average molecular weight is 132 g/mol. The van der Waals surface area contributed by atoms with Gasteiger partial charge in [-0.3, -0.25) is 15.0 Å². The quantitative estimate of drug-likeness (QED) is 0.208. The zero-order valence-corrected chi connectivity index (χ0v) is 5.01. The third kappa shape index (κ3) is 4.76. The predicted molar refractivity (Wildman–Crippen MR) is 29.0 cm³/mol. The molecule has 0 heterocycles. The molecule has 0 spiro atoms. The van der Waals surface area contributed by atoms with Gasteiger partial charge in [-0.15, -0.1) is 0 Å². The normalized spacial score (nSPS) is 8.22. The smallest absolute Gasteiger partial charge is 0.303 e. The van der Waals surface area contributed by atoms with Crippen molar-refractivity contribution in [1.29, 1.82) is 0 Å². The first-order valence-electron chi connectivity index (χ1n) is 2.29. The number of amides is 1. The lowest BCUT2D eigenvalue weighted by molar-refractivity contribution is -0.146. The molecule has 0 radical (unpaired) electrons. The van der Waals surface area contributed by atoms with Crippen LogP contribution in [0.4, 0.5) is 0 Å². The molecule has 0 fully saturated rings. The zero-order chi connectivity index (χ0) is 7.28. The van der Waals surface area contributed by atoms with Crippen molar-refractivity contribution in [3.8, 4) is 0 Å². The van der Waals surface area contributed by atoms with Crippen LogP contribution >= 0.6 is 0 Å². The van der Waals surface area contributed by atoms with Crippen LogP contribution in [0, 0.1) is 0 Å². The Balaban J connectivity index is 3.28. The lowest BCUT2D eigenvalue weighted by atomic mass is 10.7. The molecule has 0 aromatic heterocycles. The SMILES string of the molecule is CC(=O)OCC(=O)NN. The van der Waals surface area contributed by atoms with Gasteiger partial charge in [0.15, 0.2) is 6.61 Å². The summed E-state index contributed by atoms with van der Waals surface area (Å²) in [7, 11) is 0. The summed E-state index contributed by atoms with van der Waals surface area (Å²) in [6.07, 6.45) is 0. The molecule has 0 aliphatic heterocycles. The molecular formula is C4H8N2O3. The van der Waals surface area contributed by atoms with E-state index < -0.39 is 11.9 Å². The second-order valence-electron chi connectivity index (χ2n) is 1.35. The van der Waals surface area contributed by atoms with Crippen LogP contribution in [0.3, 0.4) is 0 Å². The second-order valence-corrected chi connectivity index (χ2v) is 1.35. The predicted octanol–water partition coefficient (Wildman–Crippen LogP) is -1.46. The highest BCUT2D eigenvalue weighted by Gasteiger charge is 1.98. The van der Waals surface area contributed by atoms with Gasteiger partial charge in [-0.1, -0.05) is 0 Å². The van der Waals surface area contributed by atoms with E-state index in [1.54, 1.807) is 5.43 Å². The molecule has 0 aliphatic rings. The number of hydrazine groups is 1. The van der Waals surface area contributed by atoms with Crippen molar-refractivity contribution >= 4 is 11.9 Å². The molecule has 0 atom stereocenters. The fourth-order valence-corrected chi connectivity index (χ4v) is 0.209. The van der Waals surface area contributed by atoms with Crippen molar-refractivity contribution in [1.82, 2.24) is 5.43 Å². The first kappa shape index (κ1) is 7.90. The molecule has 3 N–H and O–H groups in total. The first-order chi connectivity index (χ1) is 4.16. The van der Waals surface area contributed by atoms with Gasteiger partial charge < -0.3 is 4.74 Å². The third-order valence-electron chi connectivity index (χ3n) is 0.568. The monoisotopic (exact) mass is 132 g/mol. The second kappa shape index (κ2) is 3.85. The number of rotatable bonds is 2. The topological polar surface area (TPSA) is 81.4 Å². The summed E-state index contributed by atoms with van der Waals surface area (Å²) in [6, 6.07) is 0. The number of hydrogen-bond acceptors (Lipinski definition) is 4. The summed E-state index contributed by atoms with van der Waals surface area (Å²) in [6.45, 7) is 0.898. The Bertz CT molecular complexity index is 123. The number of carbonyl (C=O) groups is 2. The molecule has 5 heteroatoms. The van der Waals surface area contributed by atoms with Crippen LogP contribution in [0.2, 0.25) is 0 Å². The molecule has 0 rings (SSSR count). The van der Waals surface area contributed by atoms with Crippen molar-refractivity contribution < 1.29 is 14.3 Å². The Hall–Kier alpha value is -1.10. The highest BCUT2D eigenvalue weighted by Crippen LogP contribution is 1.73. The van der Waals surface area contributed by atoms with Gasteiger partial charge in [-0.25, -0.2) is 5.84 Å². The van der Waals surface area contributed by atoms with Gasteiger partial charge >= 0.3 is 5.97 Å². The van der Waals surface area contributed by atoms with Gasteiger partial charge in [0.05, 0.1) is 0 Å². The van der Waals surface area contributed by atoms with Crippen LogP contribution in [-0.2, 0) is 14.3 Å². The number of nitrogens with one attached hydrogen (secondary N) is 1. The van der Waals surface area contributed by atoms with Crippen molar-refractivity contribution in [2.24, 2.45) is 5.84 Å². The first-order valence-corrected chi connectivity index (χ1v) is 2.29. The standard InChI is InChI=1S/C4H8N2O3/c1-3(7)9-2-4(8)6-5/h2,5H2,1H3,(H,6,8). The molecule has 0 saturated heterocycles. The van der Waals surface area contributed by atoms with E-state index in [0.717, 1.165) is 0 Å². The molecule has 5 nitrogen and oxygen atoms in total. The molecule has 0 unspecified atom stereocenters. The zero-order valence-electron chi connectivity index (χ0n) is 5.01. The van der Waals surface area contributed by atoms with Gasteiger partial charge in [-0.2, -0.15) is 0 Å². The van der Waals surface area contributed by atoms with E-state index in [1.807, 2.05) is 0 Å². The van der Waals surface area contributed by atoms with Gasteiger partial charge in [0, 0.05) is 6.92 Å². The highest BCUT2D eigenvalue weighted by molar-refractivity contribution is 5.79. The maximum absolute atomic E-state index is 10.2. The van der Waals surface area contributed by atoms with Crippen LogP contribution in [0.25, 0.3) is 0 Å². The van der Waals surface area contributed by atoms with Crippen LogP contribution in [0.5, 0.6) is 0 Å². The Morgan fingerprint density at radius 3 is 2.56 bits per heavy atom. The minimum atomic E-state index is -0.523. The number of nitrogens with two attached hydrogens (primary N) is 1. The molecule has 0 aromatic carbocycles.